The first-order valence-corrected chi connectivity index (χ1v) is 7.75. The molecule has 0 unspecified atom stereocenters. The lowest BCUT2D eigenvalue weighted by atomic mass is 10.1. The minimum atomic E-state index is -0.634. The molecule has 1 N–H and O–H groups in total. The number of esters is 1. The van der Waals surface area contributed by atoms with Crippen LogP contribution in [0.2, 0.25) is 0 Å². The summed E-state index contributed by atoms with van der Waals surface area (Å²) in [5, 5.41) is 2.73. The summed E-state index contributed by atoms with van der Waals surface area (Å²) in [5.74, 6) is -0.122. The van der Waals surface area contributed by atoms with E-state index in [1.165, 1.54) is 20.3 Å². The summed E-state index contributed by atoms with van der Waals surface area (Å²) in [6.07, 6.45) is 0. The van der Waals surface area contributed by atoms with Crippen molar-refractivity contribution in [2.45, 2.75) is 13.5 Å². The van der Waals surface area contributed by atoms with Gasteiger partial charge in [-0.2, -0.15) is 0 Å². The Labute approximate surface area is 146 Å². The highest BCUT2D eigenvalue weighted by Gasteiger charge is 2.16. The van der Waals surface area contributed by atoms with Crippen molar-refractivity contribution in [1.29, 1.82) is 0 Å². The number of amides is 1. The van der Waals surface area contributed by atoms with Crippen LogP contribution in [0.25, 0.3) is 0 Å². The second-order valence-electron chi connectivity index (χ2n) is 5.35. The Morgan fingerprint density at radius 1 is 1.04 bits per heavy atom. The summed E-state index contributed by atoms with van der Waals surface area (Å²) in [4.78, 5) is 24.0. The van der Waals surface area contributed by atoms with Gasteiger partial charge in [-0.1, -0.05) is 24.3 Å². The monoisotopic (exact) mass is 343 g/mol. The molecule has 0 radical (unpaired) electrons. The van der Waals surface area contributed by atoms with E-state index in [2.05, 4.69) is 5.32 Å². The fourth-order valence-electron chi connectivity index (χ4n) is 2.23. The number of hydrogen-bond donors (Lipinski definition) is 1. The van der Waals surface area contributed by atoms with E-state index in [0.29, 0.717) is 18.0 Å². The van der Waals surface area contributed by atoms with Gasteiger partial charge in [0.15, 0.2) is 6.61 Å². The Bertz CT molecular complexity index is 757. The summed E-state index contributed by atoms with van der Waals surface area (Å²) in [6, 6.07) is 12.5. The van der Waals surface area contributed by atoms with Crippen molar-refractivity contribution in [2.24, 2.45) is 0 Å². The summed E-state index contributed by atoms with van der Waals surface area (Å²) in [6.45, 7) is 1.99. The highest BCUT2D eigenvalue weighted by Crippen LogP contribution is 2.25. The summed E-state index contributed by atoms with van der Waals surface area (Å²) >= 11 is 0. The van der Waals surface area contributed by atoms with E-state index in [1.807, 2.05) is 31.2 Å². The number of carbonyl (C=O) groups excluding carboxylic acids is 2. The number of nitrogens with one attached hydrogen (secondary N) is 1. The number of rotatable bonds is 7. The summed E-state index contributed by atoms with van der Waals surface area (Å²) < 4.78 is 15.3. The van der Waals surface area contributed by atoms with Gasteiger partial charge in [-0.3, -0.25) is 4.79 Å². The van der Waals surface area contributed by atoms with E-state index in [4.69, 9.17) is 14.2 Å². The SMILES string of the molecule is COc1ccc(C(=O)OCC(=O)NCc2ccccc2C)c(OC)c1. The average molecular weight is 343 g/mol. The molecule has 0 atom stereocenters. The van der Waals surface area contributed by atoms with Gasteiger partial charge in [0.2, 0.25) is 0 Å². The zero-order chi connectivity index (χ0) is 18.2. The fourth-order valence-corrected chi connectivity index (χ4v) is 2.23. The number of ether oxygens (including phenoxy) is 3. The Kier molecular flexibility index (Phi) is 6.39. The normalized spacial score (nSPS) is 10.0. The van der Waals surface area contributed by atoms with E-state index in [9.17, 15) is 9.59 Å². The molecule has 2 aromatic carbocycles. The minimum Gasteiger partial charge on any atom is -0.497 e. The standard InChI is InChI=1S/C19H21NO5/c1-13-6-4-5-7-14(13)11-20-18(21)12-25-19(22)16-9-8-15(23-2)10-17(16)24-3/h4-10H,11-12H2,1-3H3,(H,20,21). The van der Waals surface area contributed by atoms with Gasteiger partial charge < -0.3 is 19.5 Å². The molecule has 0 bridgehead atoms. The molecule has 0 aromatic heterocycles. The molecule has 0 aliphatic rings. The van der Waals surface area contributed by atoms with Gasteiger partial charge in [-0.05, 0) is 30.2 Å². The highest BCUT2D eigenvalue weighted by molar-refractivity contribution is 5.94. The van der Waals surface area contributed by atoms with Crippen molar-refractivity contribution in [1.82, 2.24) is 5.32 Å². The molecule has 2 aromatic rings. The first-order valence-electron chi connectivity index (χ1n) is 7.75. The molecule has 0 heterocycles. The third kappa shape index (κ3) is 4.97. The Morgan fingerprint density at radius 2 is 1.80 bits per heavy atom. The van der Waals surface area contributed by atoms with Crippen LogP contribution in [0.1, 0.15) is 21.5 Å². The number of benzene rings is 2. The van der Waals surface area contributed by atoms with E-state index >= 15 is 0 Å². The van der Waals surface area contributed by atoms with Crippen LogP contribution in [0, 0.1) is 6.92 Å². The maximum Gasteiger partial charge on any atom is 0.342 e. The topological polar surface area (TPSA) is 73.9 Å². The van der Waals surface area contributed by atoms with Crippen molar-refractivity contribution < 1.29 is 23.8 Å². The first kappa shape index (κ1) is 18.3. The molecule has 2 rings (SSSR count). The number of aryl methyl sites for hydroxylation is 1. The van der Waals surface area contributed by atoms with Crippen molar-refractivity contribution in [2.75, 3.05) is 20.8 Å². The lowest BCUT2D eigenvalue weighted by Gasteiger charge is -2.11. The molecule has 25 heavy (non-hydrogen) atoms. The molecule has 0 saturated heterocycles. The van der Waals surface area contributed by atoms with Crippen LogP contribution in [0.3, 0.4) is 0 Å². The van der Waals surface area contributed by atoms with Crippen molar-refractivity contribution in [3.05, 3.63) is 59.2 Å². The molecule has 6 nitrogen and oxygen atoms in total. The molecule has 132 valence electrons. The quantitative estimate of drug-likeness (QED) is 0.782. The maximum absolute atomic E-state index is 12.1. The minimum absolute atomic E-state index is 0.231. The Morgan fingerprint density at radius 3 is 2.48 bits per heavy atom. The Balaban J connectivity index is 1.89. The smallest absolute Gasteiger partial charge is 0.342 e. The van der Waals surface area contributed by atoms with Gasteiger partial charge in [0.25, 0.3) is 5.91 Å². The van der Waals surface area contributed by atoms with E-state index in [1.54, 1.807) is 12.1 Å². The van der Waals surface area contributed by atoms with Crippen LogP contribution >= 0.6 is 0 Å². The van der Waals surface area contributed by atoms with Crippen LogP contribution in [-0.4, -0.2) is 32.7 Å². The highest BCUT2D eigenvalue weighted by atomic mass is 16.5. The number of carbonyl (C=O) groups is 2. The van der Waals surface area contributed by atoms with Gasteiger partial charge in [0.1, 0.15) is 17.1 Å². The van der Waals surface area contributed by atoms with Crippen LogP contribution in [0.4, 0.5) is 0 Å². The maximum atomic E-state index is 12.1. The van der Waals surface area contributed by atoms with Crippen LogP contribution in [0.15, 0.2) is 42.5 Å². The van der Waals surface area contributed by atoms with Gasteiger partial charge in [0.05, 0.1) is 14.2 Å². The second kappa shape index (κ2) is 8.73. The third-order valence-corrected chi connectivity index (χ3v) is 3.70. The molecule has 0 saturated carbocycles. The molecule has 0 spiro atoms. The van der Waals surface area contributed by atoms with E-state index in [-0.39, 0.29) is 18.1 Å². The van der Waals surface area contributed by atoms with Gasteiger partial charge >= 0.3 is 5.97 Å². The molecular formula is C19H21NO5. The van der Waals surface area contributed by atoms with Gasteiger partial charge in [-0.15, -0.1) is 0 Å². The zero-order valence-corrected chi connectivity index (χ0v) is 14.5. The number of methoxy groups -OCH3 is 2. The van der Waals surface area contributed by atoms with Crippen LogP contribution in [0.5, 0.6) is 11.5 Å². The van der Waals surface area contributed by atoms with E-state index in [0.717, 1.165) is 11.1 Å². The van der Waals surface area contributed by atoms with Crippen LogP contribution < -0.4 is 14.8 Å². The lowest BCUT2D eigenvalue weighted by molar-refractivity contribution is -0.124. The summed E-state index contributed by atoms with van der Waals surface area (Å²) in [5.41, 5.74) is 2.33. The van der Waals surface area contributed by atoms with Crippen molar-refractivity contribution >= 4 is 11.9 Å². The molecule has 0 aliphatic heterocycles. The second-order valence-corrected chi connectivity index (χ2v) is 5.35. The lowest BCUT2D eigenvalue weighted by Crippen LogP contribution is -2.28. The van der Waals surface area contributed by atoms with Gasteiger partial charge in [0, 0.05) is 12.6 Å². The van der Waals surface area contributed by atoms with Gasteiger partial charge in [-0.25, -0.2) is 4.79 Å². The average Bonchev–Trinajstić information content (AvgIpc) is 2.64. The first-order chi connectivity index (χ1) is 12.0. The third-order valence-electron chi connectivity index (χ3n) is 3.70. The van der Waals surface area contributed by atoms with Crippen LogP contribution in [-0.2, 0) is 16.1 Å². The fraction of sp³-hybridized carbons (Fsp3) is 0.263. The molecular weight excluding hydrogens is 322 g/mol. The summed E-state index contributed by atoms with van der Waals surface area (Å²) in [7, 11) is 2.96. The van der Waals surface area contributed by atoms with Crippen molar-refractivity contribution in [3.63, 3.8) is 0 Å². The molecule has 0 aliphatic carbocycles. The number of hydrogen-bond acceptors (Lipinski definition) is 5. The zero-order valence-electron chi connectivity index (χ0n) is 14.5. The van der Waals surface area contributed by atoms with Crippen molar-refractivity contribution in [3.8, 4) is 11.5 Å². The molecule has 1 amide bonds. The predicted molar refractivity (Wildman–Crippen MR) is 92.9 cm³/mol. The largest absolute Gasteiger partial charge is 0.497 e. The Hall–Kier alpha value is -3.02. The molecule has 6 heteroatoms. The van der Waals surface area contributed by atoms with E-state index < -0.39 is 5.97 Å². The molecule has 0 fully saturated rings. The predicted octanol–water partition coefficient (Wildman–Crippen LogP) is 2.49.